The van der Waals surface area contributed by atoms with Crippen LogP contribution in [0.4, 0.5) is 36.6 Å². The van der Waals surface area contributed by atoms with Crippen LogP contribution in [0, 0.1) is 0 Å². The first kappa shape index (κ1) is 18.5. The van der Waals surface area contributed by atoms with Crippen LogP contribution < -0.4 is 15.5 Å². The van der Waals surface area contributed by atoms with E-state index in [1.54, 1.807) is 6.92 Å². The molecule has 2 unspecified atom stereocenters. The summed E-state index contributed by atoms with van der Waals surface area (Å²) in [5.74, 6) is 1.35. The van der Waals surface area contributed by atoms with Crippen molar-refractivity contribution in [3.63, 3.8) is 0 Å². The highest BCUT2D eigenvalue weighted by Gasteiger charge is 2.47. The molecule has 2 aromatic rings. The van der Waals surface area contributed by atoms with Gasteiger partial charge in [0, 0.05) is 25.4 Å². The number of nitrogens with one attached hydrogen (secondary N) is 2. The molecule has 3 fully saturated rings. The number of piperidine rings is 1. The molecule has 0 radical (unpaired) electrons. The molecule has 0 bridgehead atoms. The number of rotatable bonds is 6. The van der Waals surface area contributed by atoms with Crippen LogP contribution in [0.2, 0.25) is 0 Å². The highest BCUT2D eigenvalue weighted by molar-refractivity contribution is 5.59. The summed E-state index contributed by atoms with van der Waals surface area (Å²) >= 11 is 0. The van der Waals surface area contributed by atoms with E-state index < -0.39 is 11.7 Å². The number of aromatic nitrogens is 4. The van der Waals surface area contributed by atoms with Crippen molar-refractivity contribution < 1.29 is 17.9 Å². The lowest BCUT2D eigenvalue weighted by molar-refractivity contribution is -0.137. The second-order valence-electron chi connectivity index (χ2n) is 7.57. The predicted molar refractivity (Wildman–Crippen MR) is 100 cm³/mol. The molecule has 5 rings (SSSR count). The van der Waals surface area contributed by atoms with Crippen LogP contribution in [0.3, 0.4) is 0 Å². The van der Waals surface area contributed by atoms with E-state index in [4.69, 9.17) is 9.84 Å². The molecule has 2 aliphatic heterocycles. The lowest BCUT2D eigenvalue weighted by Crippen LogP contribution is -2.33. The van der Waals surface area contributed by atoms with Gasteiger partial charge in [0.05, 0.1) is 6.04 Å². The van der Waals surface area contributed by atoms with E-state index in [-0.39, 0.29) is 30.1 Å². The van der Waals surface area contributed by atoms with Crippen LogP contribution in [0.15, 0.2) is 12.3 Å². The molecular weight excluding hydrogens is 387 g/mol. The summed E-state index contributed by atoms with van der Waals surface area (Å²) in [5, 5.41) is 10.5. The first-order valence-corrected chi connectivity index (χ1v) is 9.91. The summed E-state index contributed by atoms with van der Waals surface area (Å²) in [7, 11) is 0. The average molecular weight is 409 g/mol. The largest absolute Gasteiger partial charge is 0.421 e. The maximum Gasteiger partial charge on any atom is 0.421 e. The molecule has 0 spiro atoms. The van der Waals surface area contributed by atoms with Gasteiger partial charge < -0.3 is 20.3 Å². The van der Waals surface area contributed by atoms with Crippen LogP contribution in [0.25, 0.3) is 0 Å². The van der Waals surface area contributed by atoms with Crippen molar-refractivity contribution in [1.29, 1.82) is 0 Å². The number of epoxide rings is 1. The van der Waals surface area contributed by atoms with Gasteiger partial charge in [0.25, 0.3) is 0 Å². The van der Waals surface area contributed by atoms with Crippen LogP contribution in [0.1, 0.15) is 44.2 Å². The molecule has 2 N–H and O–H groups in total. The Morgan fingerprint density at radius 1 is 1.28 bits per heavy atom. The Morgan fingerprint density at radius 3 is 2.83 bits per heavy atom. The third kappa shape index (κ3) is 3.59. The van der Waals surface area contributed by atoms with Gasteiger partial charge in [0.15, 0.2) is 12.0 Å². The molecular formula is C18H22F3N7O. The number of halogens is 3. The average Bonchev–Trinajstić information content (AvgIpc) is 3.59. The molecule has 1 aliphatic carbocycles. The number of alkyl halides is 3. The normalized spacial score (nSPS) is 23.7. The summed E-state index contributed by atoms with van der Waals surface area (Å²) in [6.07, 6.45) is 0.821. The van der Waals surface area contributed by atoms with E-state index in [0.29, 0.717) is 12.4 Å². The molecule has 2 saturated heterocycles. The number of fused-ring (bicyclic) bond motifs is 1. The topological polar surface area (TPSA) is 83.4 Å². The van der Waals surface area contributed by atoms with Gasteiger partial charge in [-0.3, -0.25) is 0 Å². The lowest BCUT2D eigenvalue weighted by Gasteiger charge is -2.22. The van der Waals surface area contributed by atoms with E-state index >= 15 is 0 Å². The highest BCUT2D eigenvalue weighted by atomic mass is 19.4. The number of hydrogen-bond donors (Lipinski definition) is 2. The van der Waals surface area contributed by atoms with Crippen LogP contribution in [0.5, 0.6) is 0 Å². The molecule has 11 heteroatoms. The minimum atomic E-state index is -4.52. The molecule has 8 nitrogen and oxygen atoms in total. The van der Waals surface area contributed by atoms with E-state index in [0.717, 1.165) is 44.2 Å². The van der Waals surface area contributed by atoms with Crippen molar-refractivity contribution in [2.24, 2.45) is 0 Å². The number of hydrogen-bond acceptors (Lipinski definition) is 7. The summed E-state index contributed by atoms with van der Waals surface area (Å²) in [6.45, 7) is 2.92. The molecule has 3 aliphatic rings. The smallest absolute Gasteiger partial charge is 0.370 e. The molecule has 0 aromatic carbocycles. The van der Waals surface area contributed by atoms with Crippen molar-refractivity contribution in [1.82, 2.24) is 19.7 Å². The van der Waals surface area contributed by atoms with Crippen molar-refractivity contribution in [3.8, 4) is 0 Å². The zero-order valence-corrected chi connectivity index (χ0v) is 15.9. The fourth-order valence-electron chi connectivity index (χ4n) is 3.73. The van der Waals surface area contributed by atoms with Gasteiger partial charge in [-0.05, 0) is 32.6 Å². The molecule has 2 atom stereocenters. The Balaban J connectivity index is 1.43. The summed E-state index contributed by atoms with van der Waals surface area (Å²) in [6, 6.07) is 2.19. The molecule has 29 heavy (non-hydrogen) atoms. The standard InChI is InChI=1S/C18H22F3N7O/c1-2-22-15-11(18(19,20)21)9-23-17(25-15)24-13-8-14(26-28(13)10-5-6-10)27-7-3-4-12-16(27)29-12/h8-10,12,16H,2-7H2,1H3,(H2,22,23,24,25). The zero-order chi connectivity index (χ0) is 20.2. The van der Waals surface area contributed by atoms with E-state index in [1.165, 1.54) is 0 Å². The molecule has 4 heterocycles. The Morgan fingerprint density at radius 2 is 2.10 bits per heavy atom. The summed E-state index contributed by atoms with van der Waals surface area (Å²) in [5.41, 5.74) is -0.883. The third-order valence-electron chi connectivity index (χ3n) is 5.34. The number of ether oxygens (including phenoxy) is 1. The van der Waals surface area contributed by atoms with Gasteiger partial charge in [0.1, 0.15) is 23.3 Å². The van der Waals surface area contributed by atoms with E-state index in [2.05, 4.69) is 25.5 Å². The van der Waals surface area contributed by atoms with Crippen molar-refractivity contribution in [2.75, 3.05) is 28.6 Å². The van der Waals surface area contributed by atoms with Crippen LogP contribution in [-0.4, -0.2) is 45.2 Å². The first-order chi connectivity index (χ1) is 13.9. The van der Waals surface area contributed by atoms with Gasteiger partial charge in [-0.1, -0.05) is 0 Å². The maximum absolute atomic E-state index is 13.2. The SMILES string of the molecule is CCNc1nc(Nc2cc(N3CCCC4OC43)nn2C2CC2)ncc1C(F)(F)F. The number of anilines is 4. The molecule has 2 aromatic heterocycles. The Hall–Kier alpha value is -2.56. The van der Waals surface area contributed by atoms with Gasteiger partial charge in [0.2, 0.25) is 5.95 Å². The molecule has 1 saturated carbocycles. The van der Waals surface area contributed by atoms with Crippen molar-refractivity contribution in [2.45, 2.75) is 57.2 Å². The highest BCUT2D eigenvalue weighted by Crippen LogP contribution is 2.42. The van der Waals surface area contributed by atoms with Gasteiger partial charge in [-0.25, -0.2) is 9.67 Å². The Bertz CT molecular complexity index is 911. The van der Waals surface area contributed by atoms with E-state index in [9.17, 15) is 13.2 Å². The quantitative estimate of drug-likeness (QED) is 0.706. The summed E-state index contributed by atoms with van der Waals surface area (Å²) in [4.78, 5) is 10.1. The van der Waals surface area contributed by atoms with Crippen molar-refractivity contribution in [3.05, 3.63) is 17.8 Å². The second kappa shape index (κ2) is 6.75. The monoisotopic (exact) mass is 409 g/mol. The Kier molecular flexibility index (Phi) is 4.30. The van der Waals surface area contributed by atoms with E-state index in [1.807, 2.05) is 10.7 Å². The first-order valence-electron chi connectivity index (χ1n) is 9.91. The zero-order valence-electron chi connectivity index (χ0n) is 15.9. The predicted octanol–water partition coefficient (Wildman–Crippen LogP) is 3.53. The lowest BCUT2D eigenvalue weighted by atomic mass is 10.1. The van der Waals surface area contributed by atoms with Crippen LogP contribution >= 0.6 is 0 Å². The molecule has 0 amide bonds. The van der Waals surface area contributed by atoms with Crippen molar-refractivity contribution >= 4 is 23.4 Å². The second-order valence-corrected chi connectivity index (χ2v) is 7.57. The summed E-state index contributed by atoms with van der Waals surface area (Å²) < 4.78 is 47.1. The minimum absolute atomic E-state index is 0.0850. The van der Waals surface area contributed by atoms with Gasteiger partial charge in [-0.15, -0.1) is 0 Å². The molecule has 156 valence electrons. The van der Waals surface area contributed by atoms with Crippen LogP contribution in [-0.2, 0) is 10.9 Å². The van der Waals surface area contributed by atoms with Gasteiger partial charge in [-0.2, -0.15) is 23.3 Å². The Labute approximate surface area is 165 Å². The third-order valence-corrected chi connectivity index (χ3v) is 5.34. The van der Waals surface area contributed by atoms with Gasteiger partial charge >= 0.3 is 6.18 Å². The fraction of sp³-hybridized carbons (Fsp3) is 0.611. The maximum atomic E-state index is 13.2. The number of nitrogens with zero attached hydrogens (tertiary/aromatic N) is 5. The minimum Gasteiger partial charge on any atom is -0.370 e. The fourth-order valence-corrected chi connectivity index (χ4v) is 3.73.